The molecular formula is C56H45N. The van der Waals surface area contributed by atoms with Gasteiger partial charge in [-0.25, -0.2) is 0 Å². The predicted molar refractivity (Wildman–Crippen MR) is 239 cm³/mol. The monoisotopic (exact) mass is 731 g/mol. The van der Waals surface area contributed by atoms with Gasteiger partial charge in [0.25, 0.3) is 0 Å². The third-order valence-corrected chi connectivity index (χ3v) is 13.3. The van der Waals surface area contributed by atoms with Crippen molar-refractivity contribution in [2.24, 2.45) is 0 Å². The lowest BCUT2D eigenvalue weighted by Crippen LogP contribution is -2.26. The summed E-state index contributed by atoms with van der Waals surface area (Å²) >= 11 is 0. The second-order valence-electron chi connectivity index (χ2n) is 17.7. The highest BCUT2D eigenvalue weighted by atomic mass is 15.1. The van der Waals surface area contributed by atoms with Gasteiger partial charge in [-0.15, -0.1) is 0 Å². The molecule has 0 fully saturated rings. The molecule has 0 bridgehead atoms. The van der Waals surface area contributed by atoms with E-state index in [1.165, 1.54) is 89.1 Å². The maximum atomic E-state index is 2.53. The van der Waals surface area contributed by atoms with Gasteiger partial charge in [0.2, 0.25) is 0 Å². The number of hydrogen-bond donors (Lipinski definition) is 0. The fraction of sp³-hybridized carbons (Fsp3) is 0.143. The zero-order chi connectivity index (χ0) is 38.7. The smallest absolute Gasteiger partial charge is 0.0726 e. The molecule has 3 aliphatic carbocycles. The molecule has 0 aromatic heterocycles. The lowest BCUT2D eigenvalue weighted by atomic mass is 9.69. The molecule has 57 heavy (non-hydrogen) atoms. The van der Waals surface area contributed by atoms with Gasteiger partial charge in [-0.2, -0.15) is 0 Å². The Kier molecular flexibility index (Phi) is 7.15. The van der Waals surface area contributed by atoms with Crippen molar-refractivity contribution in [3.8, 4) is 44.5 Å². The van der Waals surface area contributed by atoms with Crippen LogP contribution in [0, 0.1) is 0 Å². The molecule has 0 heterocycles. The van der Waals surface area contributed by atoms with Gasteiger partial charge < -0.3 is 4.90 Å². The van der Waals surface area contributed by atoms with Gasteiger partial charge in [-0.1, -0.05) is 186 Å². The minimum absolute atomic E-state index is 0.00715. The second kappa shape index (κ2) is 12.0. The van der Waals surface area contributed by atoms with Crippen LogP contribution in [0.25, 0.3) is 44.5 Å². The Labute approximate surface area is 336 Å². The molecule has 0 N–H and O–H groups in total. The molecule has 0 radical (unpaired) electrons. The van der Waals surface area contributed by atoms with Crippen LogP contribution < -0.4 is 4.90 Å². The molecule has 1 spiro atoms. The van der Waals surface area contributed by atoms with Crippen LogP contribution in [0.1, 0.15) is 73.6 Å². The Morgan fingerprint density at radius 3 is 1.58 bits per heavy atom. The first-order chi connectivity index (χ1) is 27.7. The van der Waals surface area contributed by atoms with E-state index in [2.05, 4.69) is 222 Å². The summed E-state index contributed by atoms with van der Waals surface area (Å²) < 4.78 is 0. The van der Waals surface area contributed by atoms with Crippen molar-refractivity contribution in [3.05, 3.63) is 221 Å². The molecule has 0 aliphatic heterocycles. The number of benzene rings is 8. The minimum Gasteiger partial charge on any atom is -0.310 e. The van der Waals surface area contributed by atoms with E-state index in [9.17, 15) is 0 Å². The fourth-order valence-corrected chi connectivity index (χ4v) is 10.5. The van der Waals surface area contributed by atoms with Crippen LogP contribution in [0.3, 0.4) is 0 Å². The number of rotatable bonds is 4. The van der Waals surface area contributed by atoms with E-state index in [4.69, 9.17) is 0 Å². The third-order valence-electron chi connectivity index (χ3n) is 13.3. The van der Waals surface area contributed by atoms with E-state index < -0.39 is 5.41 Å². The third kappa shape index (κ3) is 4.69. The predicted octanol–water partition coefficient (Wildman–Crippen LogP) is 14.8. The zero-order valence-corrected chi connectivity index (χ0v) is 33.3. The first-order valence-electron chi connectivity index (χ1n) is 20.4. The van der Waals surface area contributed by atoms with Crippen molar-refractivity contribution in [2.75, 3.05) is 4.90 Å². The van der Waals surface area contributed by atoms with Crippen molar-refractivity contribution in [1.82, 2.24) is 0 Å². The zero-order valence-electron chi connectivity index (χ0n) is 33.3. The highest BCUT2D eigenvalue weighted by Gasteiger charge is 2.52. The Morgan fingerprint density at radius 2 is 0.912 bits per heavy atom. The van der Waals surface area contributed by atoms with E-state index in [1.54, 1.807) is 0 Å². The van der Waals surface area contributed by atoms with Crippen LogP contribution in [-0.4, -0.2) is 0 Å². The number of hydrogen-bond acceptors (Lipinski definition) is 1. The largest absolute Gasteiger partial charge is 0.310 e. The number of nitrogens with zero attached hydrogens (tertiary/aromatic N) is 1. The topological polar surface area (TPSA) is 3.24 Å². The molecule has 11 rings (SSSR count). The highest BCUT2D eigenvalue weighted by molar-refractivity contribution is 6.01. The summed E-state index contributed by atoms with van der Waals surface area (Å²) in [6, 6.07) is 68.6. The van der Waals surface area contributed by atoms with E-state index in [0.29, 0.717) is 0 Å². The van der Waals surface area contributed by atoms with Crippen LogP contribution in [0.5, 0.6) is 0 Å². The summed E-state index contributed by atoms with van der Waals surface area (Å²) in [4.78, 5) is 2.53. The van der Waals surface area contributed by atoms with Crippen LogP contribution in [0.2, 0.25) is 0 Å². The maximum Gasteiger partial charge on any atom is 0.0726 e. The van der Waals surface area contributed by atoms with Crippen LogP contribution in [-0.2, 0) is 16.2 Å². The summed E-state index contributed by atoms with van der Waals surface area (Å²) in [6.07, 6.45) is 0. The van der Waals surface area contributed by atoms with Crippen molar-refractivity contribution in [2.45, 2.75) is 50.9 Å². The second-order valence-corrected chi connectivity index (χ2v) is 17.7. The quantitative estimate of drug-likeness (QED) is 0.174. The molecule has 0 atom stereocenters. The molecule has 8 aromatic rings. The first kappa shape index (κ1) is 33.9. The van der Waals surface area contributed by atoms with Crippen molar-refractivity contribution in [1.29, 1.82) is 0 Å². The average molecular weight is 732 g/mol. The molecule has 8 aromatic carbocycles. The van der Waals surface area contributed by atoms with Gasteiger partial charge in [-0.05, 0) is 114 Å². The molecule has 0 saturated carbocycles. The first-order valence-corrected chi connectivity index (χ1v) is 20.4. The molecule has 274 valence electrons. The number of fused-ring (bicyclic) bond motifs is 13. The lowest BCUT2D eigenvalue weighted by Gasteiger charge is -2.32. The lowest BCUT2D eigenvalue weighted by molar-refractivity contribution is 0.588. The van der Waals surface area contributed by atoms with E-state index in [1.807, 2.05) is 0 Å². The summed E-state index contributed by atoms with van der Waals surface area (Å²) in [6.45, 7) is 11.8. The molecule has 0 unspecified atom stereocenters. The van der Waals surface area contributed by atoms with E-state index in [0.717, 1.165) is 11.4 Å². The summed E-state index contributed by atoms with van der Waals surface area (Å²) in [7, 11) is 0. The average Bonchev–Trinajstić information content (AvgIpc) is 3.80. The fourth-order valence-electron chi connectivity index (χ4n) is 10.5. The highest BCUT2D eigenvalue weighted by Crippen LogP contribution is 2.65. The Bertz CT molecular complexity index is 2860. The minimum atomic E-state index is -0.445. The van der Waals surface area contributed by atoms with Gasteiger partial charge >= 0.3 is 0 Å². The molecule has 3 aliphatic rings. The Balaban J connectivity index is 1.20. The maximum absolute atomic E-state index is 2.53. The number of anilines is 3. The van der Waals surface area contributed by atoms with Crippen molar-refractivity contribution < 1.29 is 0 Å². The summed E-state index contributed by atoms with van der Waals surface area (Å²) in [5.74, 6) is 0. The van der Waals surface area contributed by atoms with Gasteiger partial charge in [0.1, 0.15) is 0 Å². The van der Waals surface area contributed by atoms with Gasteiger partial charge in [-0.3, -0.25) is 0 Å². The van der Waals surface area contributed by atoms with Crippen LogP contribution >= 0.6 is 0 Å². The molecule has 0 amide bonds. The Hall–Kier alpha value is -6.44. The molecule has 1 nitrogen and oxygen atoms in total. The standard InChI is InChI=1S/C56H45N/c1-54(2,3)38-28-32-45-51(34-38)56(47-22-13-10-19-42(47)43-20-11-14-23-48(43)56)49-24-15-25-52(53(45)49)57(39-29-26-37(27-30-39)36-16-7-6-8-17-36)40-31-33-44-41-18-9-12-21-46(41)55(4,5)50(44)35-40/h6-35H,1-5H3. The Morgan fingerprint density at radius 1 is 0.386 bits per heavy atom. The van der Waals surface area contributed by atoms with Crippen molar-refractivity contribution >= 4 is 17.1 Å². The van der Waals surface area contributed by atoms with Gasteiger partial charge in [0.15, 0.2) is 0 Å². The summed E-state index contributed by atoms with van der Waals surface area (Å²) in [5, 5.41) is 0. The summed E-state index contributed by atoms with van der Waals surface area (Å²) in [5.41, 5.74) is 22.8. The van der Waals surface area contributed by atoms with Crippen LogP contribution in [0.4, 0.5) is 17.1 Å². The normalized spacial score (nSPS) is 14.7. The van der Waals surface area contributed by atoms with Crippen molar-refractivity contribution in [3.63, 3.8) is 0 Å². The van der Waals surface area contributed by atoms with Crippen LogP contribution in [0.15, 0.2) is 182 Å². The van der Waals surface area contributed by atoms with E-state index >= 15 is 0 Å². The van der Waals surface area contributed by atoms with Gasteiger partial charge in [0.05, 0.1) is 11.1 Å². The SMILES string of the molecule is CC(C)(C)c1ccc2c(c1)C1(c3ccccc3-c3ccccc31)c1cccc(N(c3ccc(-c4ccccc4)cc3)c3ccc4c(c3)C(C)(C)c3ccccc3-4)c1-2. The van der Waals surface area contributed by atoms with Gasteiger partial charge in [0, 0.05) is 22.4 Å². The molecule has 1 heteroatoms. The molecular weight excluding hydrogens is 687 g/mol. The van der Waals surface area contributed by atoms with E-state index in [-0.39, 0.29) is 10.8 Å². The molecule has 0 saturated heterocycles.